The van der Waals surface area contributed by atoms with Crippen LogP contribution >= 0.6 is 0 Å². The van der Waals surface area contributed by atoms with Gasteiger partial charge in [-0.2, -0.15) is 0 Å². The third kappa shape index (κ3) is 0.421. The molecular weight excluding hydrogens is 132 g/mol. The van der Waals surface area contributed by atoms with Crippen molar-refractivity contribution in [2.75, 3.05) is 0 Å². The first kappa shape index (κ1) is 5.61. The van der Waals surface area contributed by atoms with E-state index in [0.29, 0.717) is 0 Å². The lowest BCUT2D eigenvalue weighted by molar-refractivity contribution is -0.248. The summed E-state index contributed by atoms with van der Waals surface area (Å²) in [6.07, 6.45) is 9.77. The molecule has 1 spiro atoms. The van der Waals surface area contributed by atoms with Crippen molar-refractivity contribution >= 4 is 0 Å². The zero-order valence-electron chi connectivity index (χ0n) is 7.05. The van der Waals surface area contributed by atoms with Gasteiger partial charge >= 0.3 is 0 Å². The second-order valence-corrected chi connectivity index (χ2v) is 5.62. The smallest absolute Gasteiger partial charge is 0.0233 e. The molecule has 3 unspecified atom stereocenters. The summed E-state index contributed by atoms with van der Waals surface area (Å²) in [7, 11) is 0. The topological polar surface area (TPSA) is 0 Å². The molecule has 6 fully saturated rings. The summed E-state index contributed by atoms with van der Waals surface area (Å²) in [4.78, 5) is 0. The average molecular weight is 148 g/mol. The number of hydrogen-bond donors (Lipinski definition) is 0. The van der Waals surface area contributed by atoms with Gasteiger partial charge in [0.25, 0.3) is 0 Å². The Morgan fingerprint density at radius 2 is 1.91 bits per heavy atom. The zero-order valence-corrected chi connectivity index (χ0v) is 7.05. The van der Waals surface area contributed by atoms with Crippen molar-refractivity contribution in [1.29, 1.82) is 0 Å². The van der Waals surface area contributed by atoms with Gasteiger partial charge in [-0.1, -0.05) is 0 Å². The Labute approximate surface area is 68.4 Å². The number of fused-ring (bicyclic) bond motifs is 1. The lowest BCUT2D eigenvalue weighted by Gasteiger charge is -2.74. The summed E-state index contributed by atoms with van der Waals surface area (Å²) in [6.45, 7) is 0. The van der Waals surface area contributed by atoms with E-state index in [1.807, 2.05) is 0 Å². The molecule has 11 heavy (non-hydrogen) atoms. The molecule has 0 heterocycles. The molecule has 60 valence electrons. The number of rotatable bonds is 0. The molecule has 0 aromatic heterocycles. The molecule has 0 aliphatic heterocycles. The predicted molar refractivity (Wildman–Crippen MR) is 44.1 cm³/mol. The molecule has 0 amide bonds. The third-order valence-corrected chi connectivity index (χ3v) is 5.52. The van der Waals surface area contributed by atoms with Gasteiger partial charge in [0.15, 0.2) is 0 Å². The lowest BCUT2D eigenvalue weighted by atomic mass is 9.31. The molecule has 5 bridgehead atoms. The Balaban J connectivity index is 1.82. The summed E-state index contributed by atoms with van der Waals surface area (Å²) in [5, 5.41) is 0. The maximum absolute atomic E-state index is 1.65. The van der Waals surface area contributed by atoms with Crippen LogP contribution in [0.1, 0.15) is 38.5 Å². The van der Waals surface area contributed by atoms with Crippen LogP contribution in [0.2, 0.25) is 0 Å². The Bertz CT molecular complexity index is 207. The van der Waals surface area contributed by atoms with Gasteiger partial charge in [-0.3, -0.25) is 0 Å². The summed E-state index contributed by atoms with van der Waals surface area (Å²) in [5.41, 5.74) is 0.978. The summed E-state index contributed by atoms with van der Waals surface area (Å²) in [6, 6.07) is 0. The summed E-state index contributed by atoms with van der Waals surface area (Å²) < 4.78 is 0. The van der Waals surface area contributed by atoms with Gasteiger partial charge in [0.2, 0.25) is 0 Å². The monoisotopic (exact) mass is 148 g/mol. The molecule has 0 aromatic rings. The van der Waals surface area contributed by atoms with Crippen molar-refractivity contribution in [3.05, 3.63) is 0 Å². The van der Waals surface area contributed by atoms with Crippen LogP contribution in [-0.2, 0) is 0 Å². The molecule has 0 saturated heterocycles. The van der Waals surface area contributed by atoms with E-state index >= 15 is 0 Å². The van der Waals surface area contributed by atoms with E-state index < -0.39 is 0 Å². The SMILES string of the molecule is C1CC2CC3C1CC1CC23C1. The molecule has 0 nitrogen and oxygen atoms in total. The Kier molecular flexibility index (Phi) is 0.717. The average Bonchev–Trinajstić information content (AvgIpc) is 1.92. The van der Waals surface area contributed by atoms with Crippen LogP contribution in [0.25, 0.3) is 0 Å². The Morgan fingerprint density at radius 1 is 1.00 bits per heavy atom. The van der Waals surface area contributed by atoms with Gasteiger partial charge in [0, 0.05) is 0 Å². The highest BCUT2D eigenvalue weighted by molar-refractivity contribution is 5.17. The van der Waals surface area contributed by atoms with Crippen LogP contribution in [0.4, 0.5) is 0 Å². The van der Waals surface area contributed by atoms with Crippen molar-refractivity contribution in [2.45, 2.75) is 38.5 Å². The van der Waals surface area contributed by atoms with E-state index in [9.17, 15) is 0 Å². The van der Waals surface area contributed by atoms with Crippen LogP contribution in [0.3, 0.4) is 0 Å². The minimum atomic E-state index is 0.978. The second-order valence-electron chi connectivity index (χ2n) is 5.62. The van der Waals surface area contributed by atoms with E-state index in [1.54, 1.807) is 38.5 Å². The summed E-state index contributed by atoms with van der Waals surface area (Å²) >= 11 is 0. The molecule has 6 aliphatic carbocycles. The number of hydrogen-bond acceptors (Lipinski definition) is 0. The van der Waals surface area contributed by atoms with Crippen LogP contribution in [-0.4, -0.2) is 0 Å². The molecule has 0 radical (unpaired) electrons. The Morgan fingerprint density at radius 3 is 2.55 bits per heavy atom. The van der Waals surface area contributed by atoms with E-state index in [0.717, 1.165) is 5.41 Å². The largest absolute Gasteiger partial charge is 0.0499 e. The highest BCUT2D eigenvalue weighted by Gasteiger charge is 2.68. The first-order valence-corrected chi connectivity index (χ1v) is 5.38. The predicted octanol–water partition coefficient (Wildman–Crippen LogP) is 2.83. The summed E-state index contributed by atoms with van der Waals surface area (Å²) in [5.74, 6) is 4.83. The van der Waals surface area contributed by atoms with Gasteiger partial charge in [0.05, 0.1) is 0 Å². The van der Waals surface area contributed by atoms with Crippen molar-refractivity contribution in [3.63, 3.8) is 0 Å². The standard InChI is InChI=1S/C11H16/c1-2-9-4-10-8(1)3-7-5-11(9,10)6-7/h7-10H,1-6H2. The highest BCUT2D eigenvalue weighted by Crippen LogP contribution is 2.76. The molecule has 0 heteroatoms. The molecule has 6 aliphatic rings. The van der Waals surface area contributed by atoms with E-state index in [4.69, 9.17) is 0 Å². The molecule has 6 saturated carbocycles. The molecular formula is C11H16. The van der Waals surface area contributed by atoms with E-state index in [-0.39, 0.29) is 0 Å². The van der Waals surface area contributed by atoms with E-state index in [1.165, 1.54) is 23.7 Å². The van der Waals surface area contributed by atoms with Gasteiger partial charge in [-0.15, -0.1) is 0 Å². The normalized spacial score (nSPS) is 69.8. The lowest BCUT2D eigenvalue weighted by Crippen LogP contribution is -2.66. The molecule has 3 atom stereocenters. The van der Waals surface area contributed by atoms with Crippen molar-refractivity contribution < 1.29 is 0 Å². The minimum absolute atomic E-state index is 0.978. The van der Waals surface area contributed by atoms with Crippen LogP contribution in [0, 0.1) is 29.1 Å². The maximum atomic E-state index is 1.65. The maximum Gasteiger partial charge on any atom is -0.0233 e. The fourth-order valence-corrected chi connectivity index (χ4v) is 5.13. The minimum Gasteiger partial charge on any atom is -0.0499 e. The van der Waals surface area contributed by atoms with Crippen LogP contribution in [0.5, 0.6) is 0 Å². The molecule has 0 aromatic carbocycles. The van der Waals surface area contributed by atoms with E-state index in [2.05, 4.69) is 0 Å². The first-order valence-electron chi connectivity index (χ1n) is 5.38. The Hall–Kier alpha value is 0. The van der Waals surface area contributed by atoms with Crippen molar-refractivity contribution in [3.8, 4) is 0 Å². The van der Waals surface area contributed by atoms with Gasteiger partial charge in [-0.05, 0) is 67.6 Å². The van der Waals surface area contributed by atoms with Gasteiger partial charge in [0.1, 0.15) is 0 Å². The van der Waals surface area contributed by atoms with Gasteiger partial charge < -0.3 is 0 Å². The fourth-order valence-electron chi connectivity index (χ4n) is 5.13. The highest BCUT2D eigenvalue weighted by atomic mass is 14.7. The third-order valence-electron chi connectivity index (χ3n) is 5.52. The quantitative estimate of drug-likeness (QED) is 0.495. The molecule has 6 rings (SSSR count). The van der Waals surface area contributed by atoms with Crippen LogP contribution in [0.15, 0.2) is 0 Å². The fraction of sp³-hybridized carbons (Fsp3) is 1.00. The zero-order chi connectivity index (χ0) is 7.05. The first-order chi connectivity index (χ1) is 5.38. The second kappa shape index (κ2) is 1.41. The van der Waals surface area contributed by atoms with Gasteiger partial charge in [-0.25, -0.2) is 0 Å². The van der Waals surface area contributed by atoms with Crippen molar-refractivity contribution in [2.24, 2.45) is 29.1 Å². The molecule has 0 N–H and O–H groups in total. The van der Waals surface area contributed by atoms with Crippen molar-refractivity contribution in [1.82, 2.24) is 0 Å². The van der Waals surface area contributed by atoms with Crippen LogP contribution < -0.4 is 0 Å².